The number of hydrogen-bond donors (Lipinski definition) is 4. The van der Waals surface area contributed by atoms with Crippen LogP contribution in [0.1, 0.15) is 79.3 Å². The quantitative estimate of drug-likeness (QED) is 0.250. The summed E-state index contributed by atoms with van der Waals surface area (Å²) >= 11 is 0. The van der Waals surface area contributed by atoms with E-state index in [2.05, 4.69) is 10.6 Å². The van der Waals surface area contributed by atoms with Gasteiger partial charge >= 0.3 is 0 Å². The minimum atomic E-state index is -1.67. The molecule has 0 saturated carbocycles. The van der Waals surface area contributed by atoms with Crippen LogP contribution >= 0.6 is 0 Å². The summed E-state index contributed by atoms with van der Waals surface area (Å²) in [6.07, 6.45) is -1.96. The summed E-state index contributed by atoms with van der Waals surface area (Å²) in [5, 5.41) is 27.5. The third-order valence-corrected chi connectivity index (χ3v) is 6.93. The van der Waals surface area contributed by atoms with Crippen molar-refractivity contribution < 1.29 is 33.4 Å². The highest BCUT2D eigenvalue weighted by molar-refractivity contribution is 6.00. The smallest absolute Gasteiger partial charge is 0.253 e. The van der Waals surface area contributed by atoms with Crippen molar-refractivity contribution in [3.63, 3.8) is 0 Å². The van der Waals surface area contributed by atoms with Gasteiger partial charge in [0.25, 0.3) is 11.8 Å². The molecule has 10 heteroatoms. The lowest BCUT2D eigenvalue weighted by atomic mass is 9.90. The highest BCUT2D eigenvalue weighted by atomic mass is 19.1. The monoisotopic (exact) mass is 589 g/mol. The normalized spacial score (nSPS) is 14.2. The van der Waals surface area contributed by atoms with Crippen molar-refractivity contribution in [3.05, 3.63) is 70.3 Å². The summed E-state index contributed by atoms with van der Waals surface area (Å²) in [6.45, 7) is 12.5. The fraction of sp³-hybridized carbons (Fsp3) is 0.531. The number of hydrogen-bond acceptors (Lipinski definition) is 5. The Balaban J connectivity index is 2.38. The van der Waals surface area contributed by atoms with E-state index in [0.717, 1.165) is 25.0 Å². The van der Waals surface area contributed by atoms with Gasteiger partial charge in [-0.3, -0.25) is 14.4 Å². The molecule has 4 N–H and O–H groups in total. The minimum Gasteiger partial charge on any atom is -0.390 e. The average molecular weight is 590 g/mol. The van der Waals surface area contributed by atoms with Gasteiger partial charge in [0.2, 0.25) is 5.91 Å². The van der Waals surface area contributed by atoms with Gasteiger partial charge in [-0.05, 0) is 73.6 Å². The summed E-state index contributed by atoms with van der Waals surface area (Å²) in [6, 6.07) is 6.35. The maximum absolute atomic E-state index is 14.0. The Morgan fingerprint density at radius 3 is 1.98 bits per heavy atom. The minimum absolute atomic E-state index is 0.135. The zero-order chi connectivity index (χ0) is 31.6. The molecule has 0 bridgehead atoms. The number of aliphatic hydroxyl groups is 2. The molecule has 0 aromatic heterocycles. The van der Waals surface area contributed by atoms with E-state index in [1.807, 2.05) is 27.7 Å². The number of nitrogens with zero attached hydrogens (tertiary/aromatic N) is 1. The van der Waals surface area contributed by atoms with Crippen LogP contribution in [0.15, 0.2) is 36.4 Å². The third kappa shape index (κ3) is 10.2. The summed E-state index contributed by atoms with van der Waals surface area (Å²) in [5.41, 5.74) is 1.28. The Labute approximate surface area is 247 Å². The fourth-order valence-corrected chi connectivity index (χ4v) is 4.72. The van der Waals surface area contributed by atoms with Gasteiger partial charge < -0.3 is 25.7 Å². The van der Waals surface area contributed by atoms with Crippen molar-refractivity contribution in [1.29, 1.82) is 0 Å². The first-order valence-corrected chi connectivity index (χ1v) is 14.6. The molecule has 8 nitrogen and oxygen atoms in total. The Bertz CT molecular complexity index is 1200. The molecule has 0 fully saturated rings. The van der Waals surface area contributed by atoms with Crippen LogP contribution in [0, 0.1) is 30.4 Å². The lowest BCUT2D eigenvalue weighted by Crippen LogP contribution is -2.53. The van der Waals surface area contributed by atoms with Crippen LogP contribution in [0.3, 0.4) is 0 Å². The van der Waals surface area contributed by atoms with Crippen LogP contribution in [-0.2, 0) is 11.2 Å². The maximum atomic E-state index is 14.0. The molecule has 0 heterocycles. The molecule has 0 aliphatic rings. The number of rotatable bonds is 15. The van der Waals surface area contributed by atoms with Gasteiger partial charge in [0, 0.05) is 36.8 Å². The second-order valence-corrected chi connectivity index (χ2v) is 11.4. The number of aliphatic hydroxyl groups excluding tert-OH is 2. The predicted octanol–water partition coefficient (Wildman–Crippen LogP) is 4.01. The SMILES string of the molecule is CCCN(CCC)C(=O)c1cc(C)cc(C(=O)N[C@@H](Cc2cc(F)cc(F)c2)[C@@H](O)[C@H](O)[C@@H](C)C(=O)NCC(C)C)c1. The van der Waals surface area contributed by atoms with Crippen molar-refractivity contribution in [3.8, 4) is 0 Å². The van der Waals surface area contributed by atoms with Crippen LogP contribution in [0.2, 0.25) is 0 Å². The maximum Gasteiger partial charge on any atom is 0.253 e. The second-order valence-electron chi connectivity index (χ2n) is 11.4. The molecule has 3 amide bonds. The highest BCUT2D eigenvalue weighted by Gasteiger charge is 2.35. The van der Waals surface area contributed by atoms with Gasteiger partial charge in [-0.25, -0.2) is 8.78 Å². The van der Waals surface area contributed by atoms with E-state index in [0.29, 0.717) is 36.8 Å². The molecule has 2 aromatic rings. The largest absolute Gasteiger partial charge is 0.390 e. The number of carbonyl (C=O) groups is 3. The average Bonchev–Trinajstić information content (AvgIpc) is 2.92. The van der Waals surface area contributed by atoms with Crippen LogP contribution in [0.25, 0.3) is 0 Å². The number of carbonyl (C=O) groups excluding carboxylic acids is 3. The Hall–Kier alpha value is -3.37. The molecular weight excluding hydrogens is 544 g/mol. The number of nitrogens with one attached hydrogen (secondary N) is 2. The van der Waals surface area contributed by atoms with E-state index in [1.54, 1.807) is 24.0 Å². The Morgan fingerprint density at radius 1 is 0.857 bits per heavy atom. The second kappa shape index (κ2) is 16.3. The van der Waals surface area contributed by atoms with E-state index < -0.39 is 47.6 Å². The molecule has 232 valence electrons. The van der Waals surface area contributed by atoms with Crippen molar-refractivity contribution in [2.75, 3.05) is 19.6 Å². The molecule has 0 spiro atoms. The summed E-state index contributed by atoms with van der Waals surface area (Å²) in [5.74, 6) is -3.90. The molecule has 2 aromatic carbocycles. The first kappa shape index (κ1) is 34.8. The van der Waals surface area contributed by atoms with Crippen molar-refractivity contribution in [2.24, 2.45) is 11.8 Å². The Kier molecular flexibility index (Phi) is 13.5. The van der Waals surface area contributed by atoms with E-state index in [-0.39, 0.29) is 29.4 Å². The summed E-state index contributed by atoms with van der Waals surface area (Å²) in [7, 11) is 0. The number of benzene rings is 2. The molecular formula is C32H45F2N3O5. The summed E-state index contributed by atoms with van der Waals surface area (Å²) in [4.78, 5) is 41.0. The molecule has 0 radical (unpaired) electrons. The van der Waals surface area contributed by atoms with Gasteiger partial charge in [0.05, 0.1) is 18.1 Å². The standard InChI is InChI=1S/C32H45F2N3O5/c1-7-9-37(10-8-2)32(42)24-12-20(5)11-23(16-24)31(41)36-27(15-22-13-25(33)17-26(34)14-22)29(39)28(38)21(6)30(40)35-18-19(3)4/h11-14,16-17,19,21,27-29,38-39H,7-10,15,18H2,1-6H3,(H,35,40)(H,36,41)/t21-,27+,28-,29-/m1/s1. The van der Waals surface area contributed by atoms with Crippen LogP contribution in [0.4, 0.5) is 8.78 Å². The molecule has 0 aliphatic heterocycles. The van der Waals surface area contributed by atoms with Gasteiger partial charge in [-0.15, -0.1) is 0 Å². The van der Waals surface area contributed by atoms with Crippen molar-refractivity contribution >= 4 is 17.7 Å². The predicted molar refractivity (Wildman–Crippen MR) is 158 cm³/mol. The van der Waals surface area contributed by atoms with Gasteiger partial charge in [0.15, 0.2) is 0 Å². The van der Waals surface area contributed by atoms with Crippen LogP contribution < -0.4 is 10.6 Å². The van der Waals surface area contributed by atoms with E-state index in [4.69, 9.17) is 0 Å². The topological polar surface area (TPSA) is 119 Å². The number of halogens is 2. The Morgan fingerprint density at radius 2 is 1.43 bits per heavy atom. The van der Waals surface area contributed by atoms with Crippen LogP contribution in [0.5, 0.6) is 0 Å². The van der Waals surface area contributed by atoms with Crippen LogP contribution in [-0.4, -0.2) is 70.7 Å². The van der Waals surface area contributed by atoms with Gasteiger partial charge in [0.1, 0.15) is 17.7 Å². The highest BCUT2D eigenvalue weighted by Crippen LogP contribution is 2.19. The lowest BCUT2D eigenvalue weighted by Gasteiger charge is -2.31. The number of aryl methyl sites for hydroxylation is 1. The zero-order valence-corrected chi connectivity index (χ0v) is 25.4. The van der Waals surface area contributed by atoms with Crippen molar-refractivity contribution in [1.82, 2.24) is 15.5 Å². The molecule has 0 aliphatic carbocycles. The van der Waals surface area contributed by atoms with E-state index >= 15 is 0 Å². The zero-order valence-electron chi connectivity index (χ0n) is 25.4. The van der Waals surface area contributed by atoms with Gasteiger partial charge in [-0.2, -0.15) is 0 Å². The lowest BCUT2D eigenvalue weighted by molar-refractivity contribution is -0.131. The van der Waals surface area contributed by atoms with Gasteiger partial charge in [-0.1, -0.05) is 34.6 Å². The fourth-order valence-electron chi connectivity index (χ4n) is 4.72. The molecule has 42 heavy (non-hydrogen) atoms. The molecule has 4 atom stereocenters. The first-order valence-electron chi connectivity index (χ1n) is 14.6. The molecule has 0 unspecified atom stereocenters. The van der Waals surface area contributed by atoms with E-state index in [9.17, 15) is 33.4 Å². The third-order valence-electron chi connectivity index (χ3n) is 6.93. The summed E-state index contributed by atoms with van der Waals surface area (Å²) < 4.78 is 27.9. The first-order chi connectivity index (χ1) is 19.8. The number of amides is 3. The van der Waals surface area contributed by atoms with Crippen molar-refractivity contribution in [2.45, 2.75) is 79.1 Å². The molecule has 0 saturated heterocycles. The molecule has 2 rings (SSSR count). The van der Waals surface area contributed by atoms with E-state index in [1.165, 1.54) is 13.0 Å².